The van der Waals surface area contributed by atoms with Gasteiger partial charge in [0.1, 0.15) is 11.5 Å². The van der Waals surface area contributed by atoms with E-state index in [2.05, 4.69) is 9.97 Å². The van der Waals surface area contributed by atoms with Gasteiger partial charge in [0.05, 0.1) is 4.90 Å². The van der Waals surface area contributed by atoms with E-state index >= 15 is 0 Å². The molecule has 0 unspecified atom stereocenters. The smallest absolute Gasteiger partial charge is 0.238 e. The van der Waals surface area contributed by atoms with Crippen molar-refractivity contribution < 1.29 is 12.8 Å². The van der Waals surface area contributed by atoms with E-state index in [1.807, 2.05) is 0 Å². The Morgan fingerprint density at radius 1 is 1.15 bits per heavy atom. The molecular weight excluding hydrogens is 281 g/mol. The van der Waals surface area contributed by atoms with Crippen LogP contribution in [0.25, 0.3) is 22.2 Å². The molecule has 0 spiro atoms. The van der Waals surface area contributed by atoms with E-state index < -0.39 is 15.8 Å². The highest BCUT2D eigenvalue weighted by molar-refractivity contribution is 7.89. The van der Waals surface area contributed by atoms with Gasteiger partial charge in [-0.05, 0) is 29.8 Å². The molecule has 0 bridgehead atoms. The van der Waals surface area contributed by atoms with E-state index in [1.54, 1.807) is 24.5 Å². The van der Waals surface area contributed by atoms with Crippen molar-refractivity contribution in [3.8, 4) is 11.1 Å². The minimum absolute atomic E-state index is 0.252. The lowest BCUT2D eigenvalue weighted by Crippen LogP contribution is -2.12. The summed E-state index contributed by atoms with van der Waals surface area (Å²) in [7, 11) is -3.91. The Kier molecular flexibility index (Phi) is 2.81. The van der Waals surface area contributed by atoms with Gasteiger partial charge in [0.15, 0.2) is 0 Å². The number of nitrogens with zero attached hydrogens (tertiary/aromatic N) is 1. The molecule has 7 heteroatoms. The van der Waals surface area contributed by atoms with Crippen molar-refractivity contribution in [2.45, 2.75) is 4.90 Å². The number of sulfonamides is 1. The molecule has 20 heavy (non-hydrogen) atoms. The zero-order valence-electron chi connectivity index (χ0n) is 10.2. The molecular formula is C13H10FN3O2S. The van der Waals surface area contributed by atoms with E-state index in [0.29, 0.717) is 16.8 Å². The van der Waals surface area contributed by atoms with Crippen molar-refractivity contribution in [2.75, 3.05) is 0 Å². The van der Waals surface area contributed by atoms with Gasteiger partial charge >= 0.3 is 0 Å². The van der Waals surface area contributed by atoms with Crippen molar-refractivity contribution in [1.29, 1.82) is 0 Å². The van der Waals surface area contributed by atoms with Crippen molar-refractivity contribution >= 4 is 21.1 Å². The lowest BCUT2D eigenvalue weighted by atomic mass is 10.0. The van der Waals surface area contributed by atoms with Crippen LogP contribution >= 0.6 is 0 Å². The van der Waals surface area contributed by atoms with Crippen molar-refractivity contribution in [3.63, 3.8) is 0 Å². The standard InChI is InChI=1S/C13H10FN3O2S/c14-12-7-8(20(15,18)19)1-2-10(12)9-3-5-16-13-11(9)4-6-17-13/h1-7H,(H,16,17)(H2,15,18,19). The molecule has 0 fully saturated rings. The summed E-state index contributed by atoms with van der Waals surface area (Å²) in [6.45, 7) is 0. The van der Waals surface area contributed by atoms with Gasteiger partial charge in [-0.25, -0.2) is 22.9 Å². The molecule has 0 aliphatic heterocycles. The number of primary sulfonamides is 1. The van der Waals surface area contributed by atoms with Gasteiger partial charge in [-0.1, -0.05) is 6.07 Å². The van der Waals surface area contributed by atoms with Crippen LogP contribution in [0, 0.1) is 5.82 Å². The number of pyridine rings is 1. The number of fused-ring (bicyclic) bond motifs is 1. The summed E-state index contributed by atoms with van der Waals surface area (Å²) in [5.74, 6) is -0.648. The number of H-pyrrole nitrogens is 1. The fourth-order valence-electron chi connectivity index (χ4n) is 2.09. The van der Waals surface area contributed by atoms with Crippen molar-refractivity contribution in [1.82, 2.24) is 9.97 Å². The molecule has 0 radical (unpaired) electrons. The predicted octanol–water partition coefficient (Wildman–Crippen LogP) is 2.02. The summed E-state index contributed by atoms with van der Waals surface area (Å²) in [6, 6.07) is 7.06. The molecule has 0 aliphatic carbocycles. The van der Waals surface area contributed by atoms with Gasteiger partial charge in [0, 0.05) is 23.3 Å². The van der Waals surface area contributed by atoms with Gasteiger partial charge in [-0.15, -0.1) is 0 Å². The Balaban J connectivity index is 2.23. The molecule has 3 aromatic rings. The van der Waals surface area contributed by atoms with Crippen LogP contribution in [0.3, 0.4) is 0 Å². The molecule has 0 aliphatic rings. The number of aromatic amines is 1. The van der Waals surface area contributed by atoms with Crippen LogP contribution in [0.5, 0.6) is 0 Å². The summed E-state index contributed by atoms with van der Waals surface area (Å²) in [5.41, 5.74) is 1.57. The summed E-state index contributed by atoms with van der Waals surface area (Å²) < 4.78 is 36.5. The third-order valence-electron chi connectivity index (χ3n) is 3.02. The first-order valence-corrected chi connectivity index (χ1v) is 7.26. The van der Waals surface area contributed by atoms with Gasteiger partial charge in [0.2, 0.25) is 10.0 Å². The zero-order chi connectivity index (χ0) is 14.3. The molecule has 3 rings (SSSR count). The summed E-state index contributed by atoms with van der Waals surface area (Å²) in [4.78, 5) is 6.80. The number of benzene rings is 1. The molecule has 102 valence electrons. The largest absolute Gasteiger partial charge is 0.346 e. The average Bonchev–Trinajstić information content (AvgIpc) is 2.85. The minimum atomic E-state index is -3.91. The van der Waals surface area contributed by atoms with Crippen molar-refractivity contribution in [3.05, 3.63) is 48.5 Å². The SMILES string of the molecule is NS(=O)(=O)c1ccc(-c2ccnc3[nH]ccc23)c(F)c1. The lowest BCUT2D eigenvalue weighted by molar-refractivity contribution is 0.593. The minimum Gasteiger partial charge on any atom is -0.346 e. The van der Waals surface area contributed by atoms with Crippen molar-refractivity contribution in [2.24, 2.45) is 5.14 Å². The van der Waals surface area contributed by atoms with Crippen LogP contribution in [-0.2, 0) is 10.0 Å². The molecule has 2 aromatic heterocycles. The Labute approximate surface area is 114 Å². The Morgan fingerprint density at radius 3 is 2.65 bits per heavy atom. The van der Waals surface area contributed by atoms with Crippen LogP contribution in [0.2, 0.25) is 0 Å². The van der Waals surface area contributed by atoms with Crippen LogP contribution in [0.1, 0.15) is 0 Å². The van der Waals surface area contributed by atoms with E-state index in [0.717, 1.165) is 11.5 Å². The fraction of sp³-hybridized carbons (Fsp3) is 0. The molecule has 0 atom stereocenters. The summed E-state index contributed by atoms with van der Waals surface area (Å²) >= 11 is 0. The number of halogens is 1. The van der Waals surface area contributed by atoms with Crippen LogP contribution in [0.4, 0.5) is 4.39 Å². The molecule has 0 saturated carbocycles. The van der Waals surface area contributed by atoms with E-state index in [1.165, 1.54) is 12.1 Å². The topological polar surface area (TPSA) is 88.8 Å². The number of rotatable bonds is 2. The first-order chi connectivity index (χ1) is 9.47. The molecule has 2 heterocycles. The molecule has 0 saturated heterocycles. The maximum Gasteiger partial charge on any atom is 0.238 e. The second-order valence-corrected chi connectivity index (χ2v) is 5.85. The summed E-state index contributed by atoms with van der Waals surface area (Å²) in [5, 5.41) is 5.74. The highest BCUT2D eigenvalue weighted by Crippen LogP contribution is 2.30. The maximum absolute atomic E-state index is 14.1. The average molecular weight is 291 g/mol. The van der Waals surface area contributed by atoms with Gasteiger partial charge < -0.3 is 4.98 Å². The molecule has 1 aromatic carbocycles. The fourth-order valence-corrected chi connectivity index (χ4v) is 2.61. The number of hydrogen-bond acceptors (Lipinski definition) is 3. The Bertz CT molecular complexity index is 903. The number of aromatic nitrogens is 2. The van der Waals surface area contributed by atoms with E-state index in [4.69, 9.17) is 5.14 Å². The van der Waals surface area contributed by atoms with Gasteiger partial charge in [-0.3, -0.25) is 0 Å². The highest BCUT2D eigenvalue weighted by atomic mass is 32.2. The first kappa shape index (κ1) is 12.8. The quantitative estimate of drug-likeness (QED) is 0.757. The monoisotopic (exact) mass is 291 g/mol. The highest BCUT2D eigenvalue weighted by Gasteiger charge is 2.14. The molecule has 3 N–H and O–H groups in total. The molecule has 0 amide bonds. The predicted molar refractivity (Wildman–Crippen MR) is 72.9 cm³/mol. The van der Waals surface area contributed by atoms with E-state index in [9.17, 15) is 12.8 Å². The van der Waals surface area contributed by atoms with Crippen LogP contribution < -0.4 is 5.14 Å². The van der Waals surface area contributed by atoms with Crippen LogP contribution in [0.15, 0.2) is 47.6 Å². The normalized spacial score (nSPS) is 11.9. The second kappa shape index (κ2) is 4.39. The van der Waals surface area contributed by atoms with Gasteiger partial charge in [-0.2, -0.15) is 0 Å². The zero-order valence-corrected chi connectivity index (χ0v) is 11.0. The summed E-state index contributed by atoms with van der Waals surface area (Å²) in [6.07, 6.45) is 3.26. The second-order valence-electron chi connectivity index (χ2n) is 4.29. The van der Waals surface area contributed by atoms with Gasteiger partial charge in [0.25, 0.3) is 0 Å². The Hall–Kier alpha value is -2.25. The maximum atomic E-state index is 14.1. The third kappa shape index (κ3) is 2.06. The molecule has 5 nitrogen and oxygen atoms in total. The Morgan fingerprint density at radius 2 is 1.95 bits per heavy atom. The number of hydrogen-bond donors (Lipinski definition) is 2. The number of nitrogens with one attached hydrogen (secondary N) is 1. The number of nitrogens with two attached hydrogens (primary N) is 1. The first-order valence-electron chi connectivity index (χ1n) is 5.71. The lowest BCUT2D eigenvalue weighted by Gasteiger charge is -2.06. The van der Waals surface area contributed by atoms with Crippen LogP contribution in [-0.4, -0.2) is 18.4 Å². The van der Waals surface area contributed by atoms with E-state index in [-0.39, 0.29) is 4.90 Å². The third-order valence-corrected chi connectivity index (χ3v) is 3.93.